The summed E-state index contributed by atoms with van der Waals surface area (Å²) < 4.78 is 2.09. The molecule has 4 aromatic rings. The Morgan fingerprint density at radius 3 is 2.55 bits per heavy atom. The van der Waals surface area contributed by atoms with E-state index >= 15 is 0 Å². The summed E-state index contributed by atoms with van der Waals surface area (Å²) in [5, 5.41) is 0. The number of benzene rings is 2. The molecule has 4 nitrogen and oxygen atoms in total. The number of imidazole rings is 1. The zero-order valence-corrected chi connectivity index (χ0v) is 16.2. The molecule has 0 spiro atoms. The van der Waals surface area contributed by atoms with Crippen molar-refractivity contribution in [3.05, 3.63) is 108 Å². The normalized spacial score (nSPS) is 14.6. The molecule has 0 bridgehead atoms. The minimum atomic E-state index is -0.0294. The summed E-state index contributed by atoms with van der Waals surface area (Å²) in [5.74, 6) is 0.164. The fourth-order valence-electron chi connectivity index (χ4n) is 4.30. The molecule has 0 saturated carbocycles. The molecule has 4 heteroatoms. The molecule has 1 atom stereocenters. The number of amides is 1. The molecule has 1 amide bonds. The first kappa shape index (κ1) is 17.7. The summed E-state index contributed by atoms with van der Waals surface area (Å²) >= 11 is 0. The Labute approximate surface area is 170 Å². The number of hydrogen-bond acceptors (Lipinski definition) is 2. The summed E-state index contributed by atoms with van der Waals surface area (Å²) in [6.45, 7) is 1.48. The van der Waals surface area contributed by atoms with E-state index in [1.54, 1.807) is 0 Å². The van der Waals surface area contributed by atoms with Crippen LogP contribution < -0.4 is 0 Å². The quantitative estimate of drug-likeness (QED) is 0.524. The van der Waals surface area contributed by atoms with Crippen LogP contribution in [0, 0.1) is 0 Å². The van der Waals surface area contributed by atoms with Crippen molar-refractivity contribution in [1.82, 2.24) is 14.3 Å². The topological polar surface area (TPSA) is 37.6 Å². The molecule has 1 aliphatic rings. The van der Waals surface area contributed by atoms with Gasteiger partial charge in [0.25, 0.3) is 0 Å². The highest BCUT2D eigenvalue weighted by molar-refractivity contribution is 5.78. The number of fused-ring (bicyclic) bond motifs is 2. The van der Waals surface area contributed by atoms with Gasteiger partial charge in [-0.15, -0.1) is 0 Å². The van der Waals surface area contributed by atoms with Crippen molar-refractivity contribution in [2.24, 2.45) is 0 Å². The zero-order chi connectivity index (χ0) is 19.6. The molecule has 1 unspecified atom stereocenters. The monoisotopic (exact) mass is 381 g/mol. The minimum Gasteiger partial charge on any atom is -0.338 e. The van der Waals surface area contributed by atoms with Crippen LogP contribution in [0.2, 0.25) is 0 Å². The number of hydrogen-bond donors (Lipinski definition) is 0. The number of carbonyl (C=O) groups excluding carboxylic acids is 1. The van der Waals surface area contributed by atoms with E-state index in [4.69, 9.17) is 0 Å². The molecule has 3 heterocycles. The number of rotatable bonds is 4. The number of aromatic nitrogens is 2. The van der Waals surface area contributed by atoms with Crippen molar-refractivity contribution >= 4 is 11.6 Å². The second-order valence-corrected chi connectivity index (χ2v) is 7.61. The van der Waals surface area contributed by atoms with Crippen LogP contribution in [-0.2, 0) is 17.8 Å². The second-order valence-electron chi connectivity index (χ2n) is 7.61. The zero-order valence-electron chi connectivity index (χ0n) is 16.2. The highest BCUT2D eigenvalue weighted by Gasteiger charge is 2.26. The fourth-order valence-corrected chi connectivity index (χ4v) is 4.30. The van der Waals surface area contributed by atoms with E-state index in [0.29, 0.717) is 13.0 Å². The van der Waals surface area contributed by atoms with E-state index in [9.17, 15) is 4.79 Å². The van der Waals surface area contributed by atoms with E-state index in [0.717, 1.165) is 29.9 Å². The lowest BCUT2D eigenvalue weighted by Gasteiger charge is -2.30. The van der Waals surface area contributed by atoms with Gasteiger partial charge < -0.3 is 9.30 Å². The van der Waals surface area contributed by atoms with Crippen LogP contribution in [0.15, 0.2) is 85.2 Å². The maximum absolute atomic E-state index is 13.3. The molecule has 0 saturated heterocycles. The van der Waals surface area contributed by atoms with Crippen molar-refractivity contribution in [1.29, 1.82) is 0 Å². The molecular formula is C25H23N3O. The van der Waals surface area contributed by atoms with Gasteiger partial charge in [-0.05, 0) is 35.2 Å². The first-order chi connectivity index (χ1) is 14.3. The highest BCUT2D eigenvalue weighted by atomic mass is 16.2. The molecule has 2 aromatic carbocycles. The Bertz CT molecular complexity index is 1150. The Morgan fingerprint density at radius 1 is 0.931 bits per heavy atom. The summed E-state index contributed by atoms with van der Waals surface area (Å²) in [6.07, 6.45) is 5.30. The van der Waals surface area contributed by atoms with Crippen LogP contribution in [0.1, 0.15) is 34.7 Å². The average molecular weight is 381 g/mol. The molecular weight excluding hydrogens is 358 g/mol. The Balaban J connectivity index is 1.46. The van der Waals surface area contributed by atoms with Gasteiger partial charge in [-0.2, -0.15) is 0 Å². The van der Waals surface area contributed by atoms with Crippen molar-refractivity contribution in [2.75, 3.05) is 6.54 Å². The summed E-state index contributed by atoms with van der Waals surface area (Å²) in [4.78, 5) is 19.9. The van der Waals surface area contributed by atoms with Crippen LogP contribution in [0.5, 0.6) is 0 Å². The SMILES string of the molecule is O=C(CC(c1ccccc1)c1cnc2ccccn12)N1CCc2ccccc2C1. The summed E-state index contributed by atoms with van der Waals surface area (Å²) in [6, 6.07) is 24.7. The Kier molecular flexibility index (Phi) is 4.60. The van der Waals surface area contributed by atoms with Crippen LogP contribution in [0.3, 0.4) is 0 Å². The number of nitrogens with zero attached hydrogens (tertiary/aromatic N) is 3. The number of pyridine rings is 1. The molecule has 0 N–H and O–H groups in total. The highest BCUT2D eigenvalue weighted by Crippen LogP contribution is 2.30. The third-order valence-corrected chi connectivity index (χ3v) is 5.87. The molecule has 0 aliphatic carbocycles. The van der Waals surface area contributed by atoms with Gasteiger partial charge in [0.2, 0.25) is 5.91 Å². The van der Waals surface area contributed by atoms with Gasteiger partial charge in [-0.3, -0.25) is 4.79 Å². The third kappa shape index (κ3) is 3.42. The second kappa shape index (κ2) is 7.55. The third-order valence-electron chi connectivity index (χ3n) is 5.87. The summed E-state index contributed by atoms with van der Waals surface area (Å²) in [5.41, 5.74) is 5.72. The molecule has 0 radical (unpaired) electrons. The van der Waals surface area contributed by atoms with E-state index in [1.807, 2.05) is 53.7 Å². The lowest BCUT2D eigenvalue weighted by Crippen LogP contribution is -2.36. The Morgan fingerprint density at radius 2 is 1.69 bits per heavy atom. The lowest BCUT2D eigenvalue weighted by molar-refractivity contribution is -0.132. The molecule has 29 heavy (non-hydrogen) atoms. The first-order valence-corrected chi connectivity index (χ1v) is 10.1. The van der Waals surface area contributed by atoms with E-state index in [1.165, 1.54) is 11.1 Å². The Hall–Kier alpha value is -3.40. The maximum Gasteiger partial charge on any atom is 0.223 e. The van der Waals surface area contributed by atoms with Gasteiger partial charge in [-0.1, -0.05) is 60.7 Å². The molecule has 144 valence electrons. The van der Waals surface area contributed by atoms with E-state index < -0.39 is 0 Å². The predicted octanol–water partition coefficient (Wildman–Crippen LogP) is 4.44. The van der Waals surface area contributed by atoms with E-state index in [-0.39, 0.29) is 11.8 Å². The molecule has 0 fully saturated rings. The first-order valence-electron chi connectivity index (χ1n) is 10.1. The molecule has 5 rings (SSSR count). The maximum atomic E-state index is 13.3. The van der Waals surface area contributed by atoms with Gasteiger partial charge in [0.15, 0.2) is 0 Å². The van der Waals surface area contributed by atoms with Gasteiger partial charge in [-0.25, -0.2) is 4.98 Å². The minimum absolute atomic E-state index is 0.0294. The summed E-state index contributed by atoms with van der Waals surface area (Å²) in [7, 11) is 0. The number of carbonyl (C=O) groups is 1. The van der Waals surface area contributed by atoms with Crippen molar-refractivity contribution in [3.63, 3.8) is 0 Å². The van der Waals surface area contributed by atoms with Crippen LogP contribution in [0.4, 0.5) is 0 Å². The fraction of sp³-hybridized carbons (Fsp3) is 0.200. The average Bonchev–Trinajstić information content (AvgIpc) is 3.21. The standard InChI is InChI=1S/C25H23N3O/c29-25(27-15-13-19-8-4-5-11-21(19)18-27)16-22(20-9-2-1-3-10-20)23-17-26-24-12-6-7-14-28(23)24/h1-12,14,17,22H,13,15-16,18H2. The predicted molar refractivity (Wildman–Crippen MR) is 114 cm³/mol. The van der Waals surface area contributed by atoms with Gasteiger partial charge in [0.05, 0.1) is 5.69 Å². The molecule has 1 aliphatic heterocycles. The van der Waals surface area contributed by atoms with Crippen molar-refractivity contribution in [3.8, 4) is 0 Å². The molecule has 2 aromatic heterocycles. The van der Waals surface area contributed by atoms with Crippen molar-refractivity contribution in [2.45, 2.75) is 25.3 Å². The van der Waals surface area contributed by atoms with Crippen LogP contribution >= 0.6 is 0 Å². The van der Waals surface area contributed by atoms with Gasteiger partial charge >= 0.3 is 0 Å². The van der Waals surface area contributed by atoms with E-state index in [2.05, 4.69) is 45.8 Å². The van der Waals surface area contributed by atoms with Crippen molar-refractivity contribution < 1.29 is 4.79 Å². The van der Waals surface area contributed by atoms with Gasteiger partial charge in [0, 0.05) is 37.8 Å². The van der Waals surface area contributed by atoms with Gasteiger partial charge in [0.1, 0.15) is 5.65 Å². The van der Waals surface area contributed by atoms with Crippen LogP contribution in [0.25, 0.3) is 5.65 Å². The smallest absolute Gasteiger partial charge is 0.223 e. The lowest BCUT2D eigenvalue weighted by atomic mass is 9.91. The largest absolute Gasteiger partial charge is 0.338 e. The van der Waals surface area contributed by atoms with Crippen LogP contribution in [-0.4, -0.2) is 26.7 Å².